The number of aryl methyl sites for hydroxylation is 2. The first kappa shape index (κ1) is 15.8. The third kappa shape index (κ3) is 3.16. The normalized spacial score (nSPS) is 10.5. The average Bonchev–Trinajstić information content (AvgIpc) is 2.79. The summed E-state index contributed by atoms with van der Waals surface area (Å²) in [4.78, 5) is 23.1. The van der Waals surface area contributed by atoms with Crippen LogP contribution in [0.25, 0.3) is 0 Å². The number of benzene rings is 1. The van der Waals surface area contributed by atoms with E-state index in [1.54, 1.807) is 16.8 Å². The summed E-state index contributed by atoms with van der Waals surface area (Å²) in [6.07, 6.45) is 0. The van der Waals surface area contributed by atoms with Gasteiger partial charge in [-0.2, -0.15) is 5.10 Å². The third-order valence-corrected chi connectivity index (χ3v) is 3.56. The van der Waals surface area contributed by atoms with Gasteiger partial charge in [0.1, 0.15) is 0 Å². The highest BCUT2D eigenvalue weighted by Crippen LogP contribution is 2.13. The van der Waals surface area contributed by atoms with Crippen LogP contribution in [0.15, 0.2) is 24.3 Å². The molecular formula is C16H19N3O3. The summed E-state index contributed by atoms with van der Waals surface area (Å²) in [5.41, 5.74) is 3.23. The summed E-state index contributed by atoms with van der Waals surface area (Å²) in [6, 6.07) is 6.43. The van der Waals surface area contributed by atoms with E-state index in [4.69, 9.17) is 5.11 Å². The smallest absolute Gasteiger partial charge is 0.335 e. The Morgan fingerprint density at radius 2 is 1.86 bits per heavy atom. The van der Waals surface area contributed by atoms with E-state index in [9.17, 15) is 9.59 Å². The largest absolute Gasteiger partial charge is 0.478 e. The maximum atomic E-state index is 12.3. The van der Waals surface area contributed by atoms with Crippen LogP contribution in [0.4, 0.5) is 0 Å². The molecule has 2 rings (SSSR count). The standard InChI is InChI=1S/C16H19N3O3/c1-4-19-11(3)14(10(2)18-19)15(20)17-9-12-5-7-13(8-6-12)16(21)22/h5-8H,4,9H2,1-3H3,(H,17,20)(H,21,22). The second kappa shape index (κ2) is 6.43. The van der Waals surface area contributed by atoms with Gasteiger partial charge in [0.05, 0.1) is 16.8 Å². The first-order valence-electron chi connectivity index (χ1n) is 7.08. The Labute approximate surface area is 128 Å². The highest BCUT2D eigenvalue weighted by atomic mass is 16.4. The number of carbonyl (C=O) groups is 2. The molecular weight excluding hydrogens is 282 g/mol. The lowest BCUT2D eigenvalue weighted by atomic mass is 10.1. The van der Waals surface area contributed by atoms with Crippen LogP contribution >= 0.6 is 0 Å². The van der Waals surface area contributed by atoms with Crippen LogP contribution in [0.2, 0.25) is 0 Å². The van der Waals surface area contributed by atoms with Gasteiger partial charge in [0.2, 0.25) is 0 Å². The van der Waals surface area contributed by atoms with Gasteiger partial charge in [0, 0.05) is 18.8 Å². The number of aromatic nitrogens is 2. The molecule has 22 heavy (non-hydrogen) atoms. The molecule has 2 aromatic rings. The number of nitrogens with one attached hydrogen (secondary N) is 1. The molecule has 0 aliphatic rings. The van der Waals surface area contributed by atoms with Gasteiger partial charge in [0.15, 0.2) is 0 Å². The lowest BCUT2D eigenvalue weighted by Gasteiger charge is -2.06. The number of carboxylic acid groups (broad SMARTS) is 1. The zero-order valence-corrected chi connectivity index (χ0v) is 12.9. The highest BCUT2D eigenvalue weighted by molar-refractivity contribution is 5.96. The molecule has 0 unspecified atom stereocenters. The Morgan fingerprint density at radius 3 is 2.36 bits per heavy atom. The van der Waals surface area contributed by atoms with Gasteiger partial charge < -0.3 is 10.4 Å². The minimum absolute atomic E-state index is 0.169. The summed E-state index contributed by atoms with van der Waals surface area (Å²) in [5, 5.41) is 16.0. The van der Waals surface area contributed by atoms with E-state index in [0.717, 1.165) is 17.8 Å². The average molecular weight is 301 g/mol. The van der Waals surface area contributed by atoms with Crippen molar-refractivity contribution in [1.29, 1.82) is 0 Å². The molecule has 0 spiro atoms. The van der Waals surface area contributed by atoms with Crippen molar-refractivity contribution in [2.75, 3.05) is 0 Å². The SMILES string of the molecule is CCn1nc(C)c(C(=O)NCc2ccc(C(=O)O)cc2)c1C. The van der Waals surface area contributed by atoms with Gasteiger partial charge in [-0.1, -0.05) is 12.1 Å². The Kier molecular flexibility index (Phi) is 4.60. The number of amides is 1. The van der Waals surface area contributed by atoms with Crippen LogP contribution in [0.3, 0.4) is 0 Å². The van der Waals surface area contributed by atoms with Crippen molar-refractivity contribution in [1.82, 2.24) is 15.1 Å². The Balaban J connectivity index is 2.07. The maximum absolute atomic E-state index is 12.3. The number of aromatic carboxylic acids is 1. The first-order valence-corrected chi connectivity index (χ1v) is 7.08. The predicted molar refractivity (Wildman–Crippen MR) is 81.9 cm³/mol. The molecule has 0 fully saturated rings. The molecule has 1 heterocycles. The molecule has 0 saturated heterocycles. The van der Waals surface area contributed by atoms with Crippen molar-refractivity contribution >= 4 is 11.9 Å². The maximum Gasteiger partial charge on any atom is 0.335 e. The Hall–Kier alpha value is -2.63. The van der Waals surface area contributed by atoms with Crippen LogP contribution in [0.5, 0.6) is 0 Å². The van der Waals surface area contributed by atoms with Crippen molar-refractivity contribution in [2.24, 2.45) is 0 Å². The van der Waals surface area contributed by atoms with Gasteiger partial charge in [-0.3, -0.25) is 9.48 Å². The van der Waals surface area contributed by atoms with Gasteiger partial charge in [-0.25, -0.2) is 4.79 Å². The molecule has 0 bridgehead atoms. The summed E-state index contributed by atoms with van der Waals surface area (Å²) in [5.74, 6) is -1.13. The molecule has 1 aromatic heterocycles. The number of hydrogen-bond acceptors (Lipinski definition) is 3. The monoisotopic (exact) mass is 301 g/mol. The van der Waals surface area contributed by atoms with Crippen molar-refractivity contribution in [3.63, 3.8) is 0 Å². The topological polar surface area (TPSA) is 84.2 Å². The van der Waals surface area contributed by atoms with Crippen LogP contribution < -0.4 is 5.32 Å². The molecule has 0 atom stereocenters. The van der Waals surface area contributed by atoms with E-state index in [2.05, 4.69) is 10.4 Å². The number of rotatable bonds is 5. The second-order valence-corrected chi connectivity index (χ2v) is 5.05. The first-order chi connectivity index (χ1) is 10.4. The molecule has 0 aliphatic carbocycles. The number of hydrogen-bond donors (Lipinski definition) is 2. The van der Waals surface area contributed by atoms with Gasteiger partial charge >= 0.3 is 5.97 Å². The number of nitrogens with zero attached hydrogens (tertiary/aromatic N) is 2. The van der Waals surface area contributed by atoms with Crippen molar-refractivity contribution in [2.45, 2.75) is 33.9 Å². The van der Waals surface area contributed by atoms with Crippen molar-refractivity contribution in [3.8, 4) is 0 Å². The van der Waals surface area contributed by atoms with Crippen molar-refractivity contribution in [3.05, 3.63) is 52.3 Å². The van der Waals surface area contributed by atoms with E-state index in [-0.39, 0.29) is 11.5 Å². The summed E-state index contributed by atoms with van der Waals surface area (Å²) >= 11 is 0. The minimum Gasteiger partial charge on any atom is -0.478 e. The molecule has 1 amide bonds. The molecule has 6 heteroatoms. The zero-order valence-electron chi connectivity index (χ0n) is 12.9. The molecule has 0 radical (unpaired) electrons. The van der Waals surface area contributed by atoms with Crippen LogP contribution in [0.1, 0.15) is 44.6 Å². The van der Waals surface area contributed by atoms with Crippen LogP contribution in [-0.2, 0) is 13.1 Å². The lowest BCUT2D eigenvalue weighted by Crippen LogP contribution is -2.24. The fourth-order valence-electron chi connectivity index (χ4n) is 2.37. The van der Waals surface area contributed by atoms with E-state index in [1.807, 2.05) is 20.8 Å². The highest BCUT2D eigenvalue weighted by Gasteiger charge is 2.17. The summed E-state index contributed by atoms with van der Waals surface area (Å²) in [7, 11) is 0. The molecule has 0 aliphatic heterocycles. The van der Waals surface area contributed by atoms with E-state index in [1.165, 1.54) is 12.1 Å². The predicted octanol–water partition coefficient (Wildman–Crippen LogP) is 2.15. The third-order valence-electron chi connectivity index (χ3n) is 3.56. The minimum atomic E-state index is -0.964. The number of carboxylic acids is 1. The van der Waals surface area contributed by atoms with Crippen LogP contribution in [-0.4, -0.2) is 26.8 Å². The molecule has 6 nitrogen and oxygen atoms in total. The van der Waals surface area contributed by atoms with E-state index in [0.29, 0.717) is 17.8 Å². The molecule has 116 valence electrons. The Bertz CT molecular complexity index is 702. The van der Waals surface area contributed by atoms with E-state index >= 15 is 0 Å². The fraction of sp³-hybridized carbons (Fsp3) is 0.312. The zero-order chi connectivity index (χ0) is 16.3. The van der Waals surface area contributed by atoms with Gasteiger partial charge in [-0.05, 0) is 38.5 Å². The summed E-state index contributed by atoms with van der Waals surface area (Å²) in [6.45, 7) is 6.73. The quantitative estimate of drug-likeness (QED) is 0.886. The fourth-order valence-corrected chi connectivity index (χ4v) is 2.37. The summed E-state index contributed by atoms with van der Waals surface area (Å²) < 4.78 is 1.80. The lowest BCUT2D eigenvalue weighted by molar-refractivity contribution is 0.0696. The van der Waals surface area contributed by atoms with Gasteiger partial charge in [-0.15, -0.1) is 0 Å². The molecule has 0 saturated carbocycles. The van der Waals surface area contributed by atoms with Crippen LogP contribution in [0, 0.1) is 13.8 Å². The second-order valence-electron chi connectivity index (χ2n) is 5.05. The van der Waals surface area contributed by atoms with Gasteiger partial charge in [0.25, 0.3) is 5.91 Å². The molecule has 2 N–H and O–H groups in total. The Morgan fingerprint density at radius 1 is 1.23 bits per heavy atom. The number of carbonyl (C=O) groups excluding carboxylic acids is 1. The molecule has 1 aromatic carbocycles. The van der Waals surface area contributed by atoms with E-state index < -0.39 is 5.97 Å². The van der Waals surface area contributed by atoms with Crippen molar-refractivity contribution < 1.29 is 14.7 Å².